The number of nitrogens with zero attached hydrogens (tertiary/aromatic N) is 1. The second-order valence-electron chi connectivity index (χ2n) is 6.33. The summed E-state index contributed by atoms with van der Waals surface area (Å²) in [6.45, 7) is 1.57. The van der Waals surface area contributed by atoms with Crippen LogP contribution in [0.25, 0.3) is 11.1 Å². The molecule has 0 unspecified atom stereocenters. The van der Waals surface area contributed by atoms with Crippen LogP contribution in [0.15, 0.2) is 40.8 Å². The highest BCUT2D eigenvalue weighted by Gasteiger charge is 2.22. The third kappa shape index (κ3) is 5.67. The van der Waals surface area contributed by atoms with E-state index in [-0.39, 0.29) is 26.2 Å². The van der Waals surface area contributed by atoms with Crippen molar-refractivity contribution in [1.29, 1.82) is 0 Å². The number of hydrogen-bond acceptors (Lipinski definition) is 8. The molecule has 0 saturated carbocycles. The molecule has 0 radical (unpaired) electrons. The molecule has 0 bridgehead atoms. The van der Waals surface area contributed by atoms with Gasteiger partial charge in [-0.3, -0.25) is 4.79 Å². The highest BCUT2D eigenvalue weighted by molar-refractivity contribution is 7.86. The van der Waals surface area contributed by atoms with Crippen molar-refractivity contribution in [2.24, 2.45) is 5.10 Å². The Labute approximate surface area is 201 Å². The van der Waals surface area contributed by atoms with Gasteiger partial charge in [-0.25, -0.2) is 10.2 Å². The number of nitrogens with one attached hydrogen (secondary N) is 1. The number of hydrazone groups is 1. The fourth-order valence-electron chi connectivity index (χ4n) is 2.51. The molecule has 168 valence electrons. The van der Waals surface area contributed by atoms with Crippen LogP contribution in [0.4, 0.5) is 0 Å². The van der Waals surface area contributed by atoms with Gasteiger partial charge in [0.1, 0.15) is 4.88 Å². The van der Waals surface area contributed by atoms with Crippen LogP contribution < -0.4 is 9.61 Å². The summed E-state index contributed by atoms with van der Waals surface area (Å²) < 4.78 is 29.0. The Morgan fingerprint density at radius 2 is 1.81 bits per heavy atom. The van der Waals surface area contributed by atoms with E-state index < -0.39 is 22.0 Å². The molecule has 0 saturated heterocycles. The van der Waals surface area contributed by atoms with Crippen molar-refractivity contribution < 1.29 is 27.3 Å². The third-order valence-corrected chi connectivity index (χ3v) is 7.26. The van der Waals surface area contributed by atoms with Gasteiger partial charge in [0.15, 0.2) is 5.75 Å². The van der Waals surface area contributed by atoms with Crippen LogP contribution in [0.5, 0.6) is 5.75 Å². The van der Waals surface area contributed by atoms with E-state index in [1.54, 1.807) is 30.5 Å². The van der Waals surface area contributed by atoms with E-state index in [1.807, 2.05) is 0 Å². The molecular weight excluding hydrogens is 519 g/mol. The van der Waals surface area contributed by atoms with Gasteiger partial charge in [0, 0.05) is 10.9 Å². The first-order chi connectivity index (χ1) is 15.0. The minimum Gasteiger partial charge on any atom is -0.477 e. The van der Waals surface area contributed by atoms with Gasteiger partial charge >= 0.3 is 16.1 Å². The quantitative estimate of drug-likeness (QED) is 0.251. The maximum atomic E-state index is 12.3. The maximum Gasteiger partial charge on any atom is 0.345 e. The number of amides is 1. The molecule has 1 aromatic carbocycles. The number of aromatic carboxylic acids is 1. The Kier molecular flexibility index (Phi) is 7.25. The third-order valence-electron chi connectivity index (χ3n) is 3.91. The Balaban J connectivity index is 1.94. The summed E-state index contributed by atoms with van der Waals surface area (Å²) in [5, 5.41) is 15.3. The summed E-state index contributed by atoms with van der Waals surface area (Å²) in [4.78, 5) is 23.8. The van der Waals surface area contributed by atoms with Crippen LogP contribution in [-0.2, 0) is 10.1 Å². The molecule has 2 N–H and O–H groups in total. The van der Waals surface area contributed by atoms with Gasteiger partial charge in [-0.1, -0.05) is 29.3 Å². The number of hydrogen-bond donors (Lipinski definition) is 2. The first-order valence-electron chi connectivity index (χ1n) is 8.60. The fourth-order valence-corrected chi connectivity index (χ4v) is 5.02. The van der Waals surface area contributed by atoms with E-state index >= 15 is 0 Å². The SMILES string of the molecule is C/C(=N\NC(=O)c1ccc(C(=O)O)s1)c1scc(-c2ccc(Cl)c(Cl)c2)c1OS(C)(=O)=O. The minimum absolute atomic E-state index is 0.0178. The number of carboxylic acid groups (broad SMARTS) is 1. The molecule has 3 aromatic rings. The van der Waals surface area contributed by atoms with E-state index in [0.717, 1.165) is 28.9 Å². The summed E-state index contributed by atoms with van der Waals surface area (Å²) in [6, 6.07) is 7.52. The van der Waals surface area contributed by atoms with Crippen LogP contribution in [0.2, 0.25) is 10.0 Å². The van der Waals surface area contributed by atoms with E-state index in [0.29, 0.717) is 21.0 Å². The standard InChI is InChI=1S/C19H14Cl2N2O6S3/c1-9(22-23-18(24)14-5-6-15(31-14)19(25)26)17-16(29-32(2,27)28)11(8-30-17)10-3-4-12(20)13(21)7-10/h3-8H,1-2H3,(H,23,24)(H,25,26)/b22-9+. The van der Waals surface area contributed by atoms with E-state index in [4.69, 9.17) is 32.5 Å². The fraction of sp³-hybridized carbons (Fsp3) is 0.105. The predicted molar refractivity (Wildman–Crippen MR) is 126 cm³/mol. The number of halogens is 2. The van der Waals surface area contributed by atoms with Gasteiger partial charge in [-0.15, -0.1) is 22.7 Å². The van der Waals surface area contributed by atoms with Crippen LogP contribution in [0.3, 0.4) is 0 Å². The molecule has 2 heterocycles. The average molecular weight is 533 g/mol. The first kappa shape index (κ1) is 24.2. The molecule has 0 spiro atoms. The van der Waals surface area contributed by atoms with E-state index in [1.165, 1.54) is 12.1 Å². The minimum atomic E-state index is -3.88. The van der Waals surface area contributed by atoms with Gasteiger partial charge in [0.2, 0.25) is 0 Å². The van der Waals surface area contributed by atoms with Crippen molar-refractivity contribution in [3.63, 3.8) is 0 Å². The lowest BCUT2D eigenvalue weighted by atomic mass is 10.1. The van der Waals surface area contributed by atoms with Gasteiger partial charge in [-0.2, -0.15) is 13.5 Å². The summed E-state index contributed by atoms with van der Waals surface area (Å²) in [5.41, 5.74) is 3.65. The van der Waals surface area contributed by atoms with Gasteiger partial charge in [0.25, 0.3) is 5.91 Å². The molecule has 0 fully saturated rings. The molecule has 1 amide bonds. The molecular formula is C19H14Cl2N2O6S3. The Hall–Kier alpha value is -2.44. The van der Waals surface area contributed by atoms with E-state index in [2.05, 4.69) is 10.5 Å². The molecule has 0 aliphatic heterocycles. The first-order valence-corrected chi connectivity index (χ1v) is 12.9. The van der Waals surface area contributed by atoms with Crippen molar-refractivity contribution in [2.45, 2.75) is 6.92 Å². The second-order valence-corrected chi connectivity index (χ2v) is 10.7. The molecule has 0 aliphatic rings. The molecule has 0 atom stereocenters. The molecule has 8 nitrogen and oxygen atoms in total. The van der Waals surface area contributed by atoms with Crippen LogP contribution in [-0.4, -0.2) is 37.4 Å². The average Bonchev–Trinajstić information content (AvgIpc) is 3.34. The number of benzene rings is 1. The maximum absolute atomic E-state index is 12.3. The number of carbonyl (C=O) groups excluding carboxylic acids is 1. The monoisotopic (exact) mass is 532 g/mol. The topological polar surface area (TPSA) is 122 Å². The summed E-state index contributed by atoms with van der Waals surface area (Å²) in [5.74, 6) is -1.70. The normalized spacial score (nSPS) is 11.9. The number of carboxylic acids is 1. The smallest absolute Gasteiger partial charge is 0.345 e. The molecule has 2 aromatic heterocycles. The molecule has 13 heteroatoms. The number of thiophene rings is 2. The summed E-state index contributed by atoms with van der Waals surface area (Å²) in [7, 11) is -3.88. The highest BCUT2D eigenvalue weighted by atomic mass is 35.5. The van der Waals surface area contributed by atoms with E-state index in [9.17, 15) is 18.0 Å². The lowest BCUT2D eigenvalue weighted by Crippen LogP contribution is -2.18. The second kappa shape index (κ2) is 9.59. The lowest BCUT2D eigenvalue weighted by Gasteiger charge is -2.09. The Bertz CT molecular complexity index is 1340. The summed E-state index contributed by atoms with van der Waals surface area (Å²) in [6.07, 6.45) is 0.915. The predicted octanol–water partition coefficient (Wildman–Crippen LogP) is 4.97. The van der Waals surface area contributed by atoms with Gasteiger partial charge in [-0.05, 0) is 36.8 Å². The highest BCUT2D eigenvalue weighted by Crippen LogP contribution is 2.41. The van der Waals surface area contributed by atoms with Crippen LogP contribution in [0.1, 0.15) is 31.1 Å². The number of carbonyl (C=O) groups is 2. The molecule has 3 rings (SSSR count). The zero-order valence-corrected chi connectivity index (χ0v) is 20.3. The van der Waals surface area contributed by atoms with Crippen molar-refractivity contribution in [1.82, 2.24) is 5.43 Å². The van der Waals surface area contributed by atoms with Crippen LogP contribution >= 0.6 is 45.9 Å². The van der Waals surface area contributed by atoms with Crippen molar-refractivity contribution in [3.8, 4) is 16.9 Å². The lowest BCUT2D eigenvalue weighted by molar-refractivity contribution is 0.0702. The van der Waals surface area contributed by atoms with Crippen molar-refractivity contribution in [3.05, 3.63) is 60.4 Å². The zero-order chi connectivity index (χ0) is 23.6. The Morgan fingerprint density at radius 1 is 1.12 bits per heavy atom. The number of rotatable bonds is 7. The van der Waals surface area contributed by atoms with Gasteiger partial charge < -0.3 is 9.29 Å². The molecule has 32 heavy (non-hydrogen) atoms. The largest absolute Gasteiger partial charge is 0.477 e. The van der Waals surface area contributed by atoms with Crippen molar-refractivity contribution in [2.75, 3.05) is 6.26 Å². The van der Waals surface area contributed by atoms with Crippen LogP contribution in [0, 0.1) is 0 Å². The van der Waals surface area contributed by atoms with Crippen molar-refractivity contribution >= 4 is 73.6 Å². The Morgan fingerprint density at radius 3 is 2.41 bits per heavy atom. The molecule has 0 aliphatic carbocycles. The van der Waals surface area contributed by atoms with Gasteiger partial charge in [0.05, 0.1) is 31.8 Å². The zero-order valence-electron chi connectivity index (χ0n) is 16.4. The summed E-state index contributed by atoms with van der Waals surface area (Å²) >= 11 is 14.0.